The van der Waals surface area contributed by atoms with Gasteiger partial charge in [-0.1, -0.05) is 48.5 Å². The van der Waals surface area contributed by atoms with E-state index in [4.69, 9.17) is 9.15 Å². The molecular formula is C28H21NO5. The Morgan fingerprint density at radius 3 is 2.44 bits per heavy atom. The summed E-state index contributed by atoms with van der Waals surface area (Å²) in [6.07, 6.45) is 2.41. The lowest BCUT2D eigenvalue weighted by molar-refractivity contribution is 0.0529. The molecule has 168 valence electrons. The van der Waals surface area contributed by atoms with Crippen LogP contribution in [0.1, 0.15) is 44.5 Å². The second kappa shape index (κ2) is 8.83. The minimum atomic E-state index is -0.725. The molecule has 0 saturated carbocycles. The predicted molar refractivity (Wildman–Crippen MR) is 129 cm³/mol. The van der Waals surface area contributed by atoms with Gasteiger partial charge >= 0.3 is 11.6 Å². The molecule has 34 heavy (non-hydrogen) atoms. The van der Waals surface area contributed by atoms with Gasteiger partial charge in [0.2, 0.25) is 5.78 Å². The highest BCUT2D eigenvalue weighted by Crippen LogP contribution is 2.24. The molecule has 5 aromatic rings. The highest BCUT2D eigenvalue weighted by Gasteiger charge is 2.24. The minimum Gasteiger partial charge on any atom is -0.462 e. The van der Waals surface area contributed by atoms with Crippen LogP contribution in [0, 0.1) is 0 Å². The molecule has 0 saturated heterocycles. The third-order valence-electron chi connectivity index (χ3n) is 5.70. The zero-order chi connectivity index (χ0) is 23.7. The van der Waals surface area contributed by atoms with Gasteiger partial charge in [-0.2, -0.15) is 0 Å². The number of hydrogen-bond donors (Lipinski definition) is 0. The Hall–Kier alpha value is -4.45. The fraction of sp³-hybridized carbons (Fsp3) is 0.107. The highest BCUT2D eigenvalue weighted by atomic mass is 16.5. The van der Waals surface area contributed by atoms with Crippen LogP contribution < -0.4 is 5.63 Å². The molecule has 0 N–H and O–H groups in total. The first kappa shape index (κ1) is 21.4. The maximum Gasteiger partial charge on any atom is 0.347 e. The van der Waals surface area contributed by atoms with Crippen molar-refractivity contribution < 1.29 is 18.7 Å². The number of carbonyl (C=O) groups is 2. The van der Waals surface area contributed by atoms with E-state index in [1.54, 1.807) is 41.8 Å². The normalized spacial score (nSPS) is 11.1. The van der Waals surface area contributed by atoms with Crippen molar-refractivity contribution in [1.82, 2.24) is 4.40 Å². The van der Waals surface area contributed by atoms with E-state index in [2.05, 4.69) is 0 Å². The number of fused-ring (bicyclic) bond motifs is 2. The van der Waals surface area contributed by atoms with Gasteiger partial charge in [0, 0.05) is 11.6 Å². The summed E-state index contributed by atoms with van der Waals surface area (Å²) in [5.41, 5.74) is 2.69. The van der Waals surface area contributed by atoms with Crippen molar-refractivity contribution in [2.24, 2.45) is 0 Å². The maximum atomic E-state index is 13.5. The van der Waals surface area contributed by atoms with Crippen LogP contribution >= 0.6 is 0 Å². The molecule has 0 amide bonds. The fourth-order valence-corrected chi connectivity index (χ4v) is 4.09. The van der Waals surface area contributed by atoms with Crippen molar-refractivity contribution in [3.63, 3.8) is 0 Å². The van der Waals surface area contributed by atoms with Crippen molar-refractivity contribution in [3.05, 3.63) is 123 Å². The summed E-state index contributed by atoms with van der Waals surface area (Å²) >= 11 is 0. The van der Waals surface area contributed by atoms with Crippen molar-refractivity contribution in [2.75, 3.05) is 6.61 Å². The van der Waals surface area contributed by atoms with Gasteiger partial charge in [-0.3, -0.25) is 4.79 Å². The van der Waals surface area contributed by atoms with Gasteiger partial charge in [0.15, 0.2) is 0 Å². The number of ketones is 1. The molecule has 5 rings (SSSR count). The number of benzene rings is 2. The Morgan fingerprint density at radius 2 is 1.65 bits per heavy atom. The van der Waals surface area contributed by atoms with Crippen LogP contribution in [0.25, 0.3) is 16.5 Å². The molecule has 0 bridgehead atoms. The van der Waals surface area contributed by atoms with Crippen LogP contribution in [-0.2, 0) is 11.2 Å². The number of hydrogen-bond acceptors (Lipinski definition) is 5. The predicted octanol–water partition coefficient (Wildman–Crippen LogP) is 5.04. The zero-order valence-electron chi connectivity index (χ0n) is 18.5. The Kier molecular flexibility index (Phi) is 5.55. The van der Waals surface area contributed by atoms with Gasteiger partial charge in [0.25, 0.3) is 0 Å². The first-order valence-electron chi connectivity index (χ1n) is 11.0. The number of para-hydroxylation sites is 1. The summed E-state index contributed by atoms with van der Waals surface area (Å²) in [6.45, 7) is 1.93. The number of rotatable bonds is 6. The van der Waals surface area contributed by atoms with Gasteiger partial charge in [0.1, 0.15) is 11.1 Å². The lowest BCUT2D eigenvalue weighted by Crippen LogP contribution is -2.16. The first-order chi connectivity index (χ1) is 16.5. The quantitative estimate of drug-likeness (QED) is 0.205. The summed E-state index contributed by atoms with van der Waals surface area (Å²) in [5, 5.41) is 0.641. The Labute approximate surface area is 195 Å². The van der Waals surface area contributed by atoms with Crippen LogP contribution in [0.5, 0.6) is 0 Å². The van der Waals surface area contributed by atoms with E-state index in [1.807, 2.05) is 42.5 Å². The molecule has 0 aliphatic heterocycles. The molecule has 6 nitrogen and oxygen atoms in total. The standard InChI is InChI=1S/C28H21NO5/c1-2-33-27(31)21-17-24(26(30)22-16-20-10-6-7-11-25(20)34-28(22)32)29-13-12-19(15-23(21)29)14-18-8-4-3-5-9-18/h3-13,15-17H,2,14H2,1H3. The van der Waals surface area contributed by atoms with Crippen molar-refractivity contribution in [3.8, 4) is 0 Å². The molecule has 0 atom stereocenters. The van der Waals surface area contributed by atoms with E-state index >= 15 is 0 Å². The summed E-state index contributed by atoms with van der Waals surface area (Å²) in [7, 11) is 0. The number of aromatic nitrogens is 1. The highest BCUT2D eigenvalue weighted by molar-refractivity contribution is 6.12. The SMILES string of the molecule is CCOC(=O)c1cc(C(=O)c2cc3ccccc3oc2=O)n2ccc(Cc3ccccc3)cc12. The molecule has 0 radical (unpaired) electrons. The maximum absolute atomic E-state index is 13.5. The summed E-state index contributed by atoms with van der Waals surface area (Å²) < 4.78 is 12.2. The molecule has 0 aliphatic rings. The topological polar surface area (TPSA) is 78.0 Å². The lowest BCUT2D eigenvalue weighted by Gasteiger charge is -2.07. The number of esters is 1. The fourth-order valence-electron chi connectivity index (χ4n) is 4.09. The van der Waals surface area contributed by atoms with E-state index in [0.717, 1.165) is 11.1 Å². The molecule has 3 heterocycles. The summed E-state index contributed by atoms with van der Waals surface area (Å²) in [4.78, 5) is 38.8. The number of nitrogens with zero attached hydrogens (tertiary/aromatic N) is 1. The van der Waals surface area contributed by atoms with Crippen LogP contribution in [0.2, 0.25) is 0 Å². The zero-order valence-corrected chi connectivity index (χ0v) is 18.5. The molecule has 2 aromatic carbocycles. The average Bonchev–Trinajstić information content (AvgIpc) is 3.23. The van der Waals surface area contributed by atoms with Gasteiger partial charge in [-0.05, 0) is 54.8 Å². The third-order valence-corrected chi connectivity index (χ3v) is 5.70. The van der Waals surface area contributed by atoms with Crippen LogP contribution in [0.15, 0.2) is 94.3 Å². The molecular weight excluding hydrogens is 430 g/mol. The molecule has 0 aliphatic carbocycles. The Balaban J connectivity index is 1.63. The first-order valence-corrected chi connectivity index (χ1v) is 11.0. The van der Waals surface area contributed by atoms with E-state index in [-0.39, 0.29) is 23.4 Å². The second-order valence-electron chi connectivity index (χ2n) is 7.93. The lowest BCUT2D eigenvalue weighted by atomic mass is 10.1. The molecule has 0 fully saturated rings. The Morgan fingerprint density at radius 1 is 0.882 bits per heavy atom. The van der Waals surface area contributed by atoms with Gasteiger partial charge < -0.3 is 13.6 Å². The van der Waals surface area contributed by atoms with Crippen LogP contribution in [0.4, 0.5) is 0 Å². The summed E-state index contributed by atoms with van der Waals surface area (Å²) in [6, 6.07) is 23.7. The molecule has 6 heteroatoms. The van der Waals surface area contributed by atoms with Gasteiger partial charge in [0.05, 0.1) is 23.4 Å². The van der Waals surface area contributed by atoms with Crippen molar-refractivity contribution in [1.29, 1.82) is 0 Å². The molecule has 0 unspecified atom stereocenters. The molecule has 3 aromatic heterocycles. The number of pyridine rings is 1. The van der Waals surface area contributed by atoms with Crippen LogP contribution in [-0.4, -0.2) is 22.8 Å². The molecule has 0 spiro atoms. The minimum absolute atomic E-state index is 0.0955. The second-order valence-corrected chi connectivity index (χ2v) is 7.93. The van der Waals surface area contributed by atoms with Crippen molar-refractivity contribution >= 4 is 28.2 Å². The summed E-state index contributed by atoms with van der Waals surface area (Å²) in [5.74, 6) is -1.05. The van der Waals surface area contributed by atoms with Gasteiger partial charge in [-0.15, -0.1) is 0 Å². The van der Waals surface area contributed by atoms with E-state index in [1.165, 1.54) is 12.1 Å². The van der Waals surface area contributed by atoms with E-state index in [0.29, 0.717) is 22.9 Å². The average molecular weight is 451 g/mol. The smallest absolute Gasteiger partial charge is 0.347 e. The van der Waals surface area contributed by atoms with E-state index < -0.39 is 17.4 Å². The van der Waals surface area contributed by atoms with Crippen LogP contribution in [0.3, 0.4) is 0 Å². The third kappa shape index (κ3) is 3.90. The van der Waals surface area contributed by atoms with Crippen molar-refractivity contribution in [2.45, 2.75) is 13.3 Å². The monoisotopic (exact) mass is 451 g/mol. The number of carbonyl (C=O) groups excluding carboxylic acids is 2. The van der Waals surface area contributed by atoms with E-state index in [9.17, 15) is 14.4 Å². The number of ether oxygens (including phenoxy) is 1. The van der Waals surface area contributed by atoms with Gasteiger partial charge in [-0.25, -0.2) is 9.59 Å². The largest absolute Gasteiger partial charge is 0.462 e. The Bertz CT molecular complexity index is 1590.